The zero-order valence-electron chi connectivity index (χ0n) is 13.5. The minimum absolute atomic E-state index is 0.0538. The van der Waals surface area contributed by atoms with E-state index in [1.54, 1.807) is 18.2 Å². The number of fused-ring (bicyclic) bond motifs is 1. The van der Waals surface area contributed by atoms with Crippen LogP contribution in [0, 0.1) is 35.3 Å². The van der Waals surface area contributed by atoms with E-state index in [0.29, 0.717) is 21.4 Å². The number of aromatic amines is 1. The third kappa shape index (κ3) is 3.30. The molecular weight excluding hydrogens is 384 g/mol. The number of nitrogens with one attached hydrogen (secondary N) is 1. The summed E-state index contributed by atoms with van der Waals surface area (Å²) < 4.78 is 0.392. The second-order valence-corrected chi connectivity index (χ2v) is 6.53. The van der Waals surface area contributed by atoms with Gasteiger partial charge < -0.3 is 4.98 Å². The van der Waals surface area contributed by atoms with E-state index in [4.69, 9.17) is 0 Å². The van der Waals surface area contributed by atoms with Crippen molar-refractivity contribution in [2.45, 2.75) is 13.8 Å². The molecule has 0 fully saturated rings. The lowest BCUT2D eigenvalue weighted by Gasteiger charge is -1.99. The zero-order valence-corrected chi connectivity index (χ0v) is 15.1. The summed E-state index contributed by atoms with van der Waals surface area (Å²) >= 11 is 3.15. The number of aromatic nitrogens is 2. The number of halogens is 1. The van der Waals surface area contributed by atoms with E-state index in [0.717, 1.165) is 22.2 Å². The predicted octanol–water partition coefficient (Wildman–Crippen LogP) is 4.91. The van der Waals surface area contributed by atoms with E-state index in [-0.39, 0.29) is 5.69 Å². The van der Waals surface area contributed by atoms with Crippen LogP contribution in [0.2, 0.25) is 0 Å². The smallest absolute Gasteiger partial charge is 0.284 e. The van der Waals surface area contributed by atoms with Crippen molar-refractivity contribution in [3.05, 3.63) is 67.4 Å². The molecule has 0 amide bonds. The number of nitro groups is 1. The molecule has 0 aliphatic rings. The van der Waals surface area contributed by atoms with Crippen LogP contribution < -0.4 is 0 Å². The number of H-pyrrole nitrogens is 1. The summed E-state index contributed by atoms with van der Waals surface area (Å²) in [6.45, 7) is 4.02. The van der Waals surface area contributed by atoms with E-state index < -0.39 is 4.92 Å². The Hall–Kier alpha value is -2.98. The van der Waals surface area contributed by atoms with Crippen molar-refractivity contribution < 1.29 is 4.92 Å². The Kier molecular flexibility index (Phi) is 4.38. The molecule has 7 heteroatoms. The number of nitrogens with zero attached hydrogens (tertiary/aromatic N) is 3. The fourth-order valence-electron chi connectivity index (χ4n) is 2.48. The highest BCUT2D eigenvalue weighted by atomic mass is 79.9. The Morgan fingerprint density at radius 2 is 2.04 bits per heavy atom. The average molecular weight is 397 g/mol. The molecule has 0 saturated heterocycles. The van der Waals surface area contributed by atoms with Gasteiger partial charge in [0.15, 0.2) is 0 Å². The highest BCUT2D eigenvalue weighted by molar-refractivity contribution is 9.10. The van der Waals surface area contributed by atoms with Gasteiger partial charge in [0.1, 0.15) is 11.9 Å². The standard InChI is InChI=1S/C18H13BrN4O2/c1-10-5-15-16(6-11(10)2)22-18(21-15)13(9-20)7-12-3-4-14(19)17(8-12)23(24)25/h3-8H,1-2H3,(H,21,22). The van der Waals surface area contributed by atoms with Crippen LogP contribution >= 0.6 is 15.9 Å². The molecule has 124 valence electrons. The van der Waals surface area contributed by atoms with Gasteiger partial charge in [-0.25, -0.2) is 4.98 Å². The first kappa shape index (κ1) is 16.9. The van der Waals surface area contributed by atoms with Gasteiger partial charge in [-0.05, 0) is 70.7 Å². The molecule has 2 aromatic carbocycles. The van der Waals surface area contributed by atoms with Gasteiger partial charge in [-0.15, -0.1) is 0 Å². The highest BCUT2D eigenvalue weighted by Crippen LogP contribution is 2.28. The first-order valence-corrected chi connectivity index (χ1v) is 8.21. The van der Waals surface area contributed by atoms with Gasteiger partial charge in [-0.3, -0.25) is 10.1 Å². The largest absolute Gasteiger partial charge is 0.337 e. The normalized spacial score (nSPS) is 11.5. The summed E-state index contributed by atoms with van der Waals surface area (Å²) in [4.78, 5) is 18.2. The summed E-state index contributed by atoms with van der Waals surface area (Å²) in [7, 11) is 0. The summed E-state index contributed by atoms with van der Waals surface area (Å²) in [6.07, 6.45) is 1.58. The molecule has 1 N–H and O–H groups in total. The Balaban J connectivity index is 2.09. The van der Waals surface area contributed by atoms with Crippen molar-refractivity contribution in [3.63, 3.8) is 0 Å². The summed E-state index contributed by atoms with van der Waals surface area (Å²) in [5.74, 6) is 0.438. The van der Waals surface area contributed by atoms with E-state index in [2.05, 4.69) is 32.0 Å². The van der Waals surface area contributed by atoms with Crippen molar-refractivity contribution >= 4 is 44.3 Å². The van der Waals surface area contributed by atoms with Crippen LogP contribution in [-0.4, -0.2) is 14.9 Å². The first-order chi connectivity index (χ1) is 11.9. The van der Waals surface area contributed by atoms with Gasteiger partial charge in [0.05, 0.1) is 26.0 Å². The fourth-order valence-corrected chi connectivity index (χ4v) is 2.87. The lowest BCUT2D eigenvalue weighted by Crippen LogP contribution is -1.90. The van der Waals surface area contributed by atoms with Crippen LogP contribution in [-0.2, 0) is 0 Å². The molecule has 0 saturated carbocycles. The van der Waals surface area contributed by atoms with Crippen molar-refractivity contribution in [2.24, 2.45) is 0 Å². The molecule has 0 radical (unpaired) electrons. The number of nitro benzene ring substituents is 1. The Bertz CT molecular complexity index is 1040. The van der Waals surface area contributed by atoms with Crippen LogP contribution in [0.1, 0.15) is 22.5 Å². The maximum Gasteiger partial charge on any atom is 0.284 e. The number of hydrogen-bond donors (Lipinski definition) is 1. The summed E-state index contributed by atoms with van der Waals surface area (Å²) in [5.41, 5.74) is 4.69. The van der Waals surface area contributed by atoms with Crippen LogP contribution in [0.4, 0.5) is 5.69 Å². The highest BCUT2D eigenvalue weighted by Gasteiger charge is 2.13. The van der Waals surface area contributed by atoms with Crippen molar-refractivity contribution in [2.75, 3.05) is 0 Å². The monoisotopic (exact) mass is 396 g/mol. The molecule has 0 spiro atoms. The Labute approximate surface area is 152 Å². The lowest BCUT2D eigenvalue weighted by atomic mass is 10.1. The average Bonchev–Trinajstić information content (AvgIpc) is 2.96. The van der Waals surface area contributed by atoms with E-state index >= 15 is 0 Å². The van der Waals surface area contributed by atoms with Gasteiger partial charge in [0, 0.05) is 6.07 Å². The molecule has 0 bridgehead atoms. The zero-order chi connectivity index (χ0) is 18.1. The van der Waals surface area contributed by atoms with Crippen molar-refractivity contribution in [3.8, 4) is 6.07 Å². The quantitative estimate of drug-likeness (QED) is 0.386. The van der Waals surface area contributed by atoms with Gasteiger partial charge in [0.25, 0.3) is 5.69 Å². The lowest BCUT2D eigenvalue weighted by molar-refractivity contribution is -0.385. The van der Waals surface area contributed by atoms with Crippen LogP contribution in [0.3, 0.4) is 0 Å². The molecular formula is C18H13BrN4O2. The van der Waals surface area contributed by atoms with Crippen molar-refractivity contribution in [1.82, 2.24) is 9.97 Å². The SMILES string of the molecule is Cc1cc2nc(C(C#N)=Cc3ccc(Br)c([N+](=O)[O-])c3)[nH]c2cc1C. The number of aryl methyl sites for hydroxylation is 2. The number of imidazole rings is 1. The second kappa shape index (κ2) is 6.49. The topological polar surface area (TPSA) is 95.6 Å². The third-order valence-electron chi connectivity index (χ3n) is 3.95. The molecule has 0 unspecified atom stereocenters. The summed E-state index contributed by atoms with van der Waals surface area (Å²) in [5, 5.41) is 20.5. The van der Waals surface area contributed by atoms with Gasteiger partial charge >= 0.3 is 0 Å². The minimum atomic E-state index is -0.472. The van der Waals surface area contributed by atoms with E-state index in [1.807, 2.05) is 26.0 Å². The molecule has 3 rings (SSSR count). The van der Waals surface area contributed by atoms with Crippen LogP contribution in [0.15, 0.2) is 34.8 Å². The number of benzene rings is 2. The Morgan fingerprint density at radius 3 is 2.72 bits per heavy atom. The molecule has 25 heavy (non-hydrogen) atoms. The molecule has 1 heterocycles. The molecule has 1 aromatic heterocycles. The first-order valence-electron chi connectivity index (χ1n) is 7.42. The van der Waals surface area contributed by atoms with Crippen molar-refractivity contribution in [1.29, 1.82) is 5.26 Å². The molecule has 0 aliphatic heterocycles. The van der Waals surface area contributed by atoms with E-state index in [9.17, 15) is 15.4 Å². The van der Waals surface area contributed by atoms with E-state index in [1.165, 1.54) is 6.07 Å². The maximum atomic E-state index is 11.1. The number of allylic oxidation sites excluding steroid dienone is 1. The predicted molar refractivity (Wildman–Crippen MR) is 99.8 cm³/mol. The molecule has 0 aliphatic carbocycles. The molecule has 6 nitrogen and oxygen atoms in total. The fraction of sp³-hybridized carbons (Fsp3) is 0.111. The number of rotatable bonds is 3. The second-order valence-electron chi connectivity index (χ2n) is 5.68. The maximum absolute atomic E-state index is 11.1. The molecule has 3 aromatic rings. The Morgan fingerprint density at radius 1 is 1.32 bits per heavy atom. The minimum Gasteiger partial charge on any atom is -0.337 e. The van der Waals surface area contributed by atoms with Crippen LogP contribution in [0.25, 0.3) is 22.7 Å². The van der Waals surface area contributed by atoms with Gasteiger partial charge in [0.2, 0.25) is 0 Å². The molecule has 0 atom stereocenters. The third-order valence-corrected chi connectivity index (χ3v) is 4.62. The van der Waals surface area contributed by atoms with Gasteiger partial charge in [-0.2, -0.15) is 5.26 Å². The number of nitriles is 1. The van der Waals surface area contributed by atoms with Gasteiger partial charge in [-0.1, -0.05) is 6.07 Å². The summed E-state index contributed by atoms with van der Waals surface area (Å²) in [6, 6.07) is 10.8. The number of hydrogen-bond acceptors (Lipinski definition) is 4. The van der Waals surface area contributed by atoms with Crippen LogP contribution in [0.5, 0.6) is 0 Å².